The highest BCUT2D eigenvalue weighted by Crippen LogP contribution is 2.35. The minimum atomic E-state index is -0.172. The van der Waals surface area contributed by atoms with E-state index in [9.17, 15) is 9.59 Å². The third kappa shape index (κ3) is 6.58. The molecular weight excluding hydrogens is 402 g/mol. The number of ketones is 1. The molecule has 0 fully saturated rings. The zero-order valence-electron chi connectivity index (χ0n) is 19.8. The molecule has 0 unspecified atom stereocenters. The molecule has 0 atom stereocenters. The van der Waals surface area contributed by atoms with Crippen molar-refractivity contribution in [2.45, 2.75) is 46.3 Å². The lowest BCUT2D eigenvalue weighted by atomic mass is 10.0. The average molecular weight is 436 g/mol. The molecular formula is C27H33NO4. The van der Waals surface area contributed by atoms with Crippen molar-refractivity contribution in [2.75, 3.05) is 14.1 Å². The lowest BCUT2D eigenvalue weighted by Crippen LogP contribution is -2.21. The Morgan fingerprint density at radius 2 is 1.53 bits per heavy atom. The number of rotatable bonds is 10. The van der Waals surface area contributed by atoms with Crippen LogP contribution in [0.1, 0.15) is 59.5 Å². The molecule has 0 saturated carbocycles. The Labute approximate surface area is 191 Å². The number of carbonyl (C=O) groups excluding carboxylic acids is 2. The molecule has 170 valence electrons. The van der Waals surface area contributed by atoms with Gasteiger partial charge in [0.1, 0.15) is 11.5 Å². The third-order valence-corrected chi connectivity index (χ3v) is 4.54. The van der Waals surface area contributed by atoms with E-state index < -0.39 is 0 Å². The molecule has 0 radical (unpaired) electrons. The number of hydrogen-bond donors (Lipinski definition) is 0. The number of allylic oxidation sites excluding steroid dienone is 2. The van der Waals surface area contributed by atoms with Crippen LogP contribution in [0.2, 0.25) is 0 Å². The number of carbonyl (C=O) groups is 2. The van der Waals surface area contributed by atoms with Crippen LogP contribution in [-0.2, 0) is 6.42 Å². The summed E-state index contributed by atoms with van der Waals surface area (Å²) in [6.45, 7) is 11.7. The minimum absolute atomic E-state index is 0.0308. The summed E-state index contributed by atoms with van der Waals surface area (Å²) in [5, 5.41) is 0. The third-order valence-electron chi connectivity index (χ3n) is 4.54. The van der Waals surface area contributed by atoms with Crippen molar-refractivity contribution in [1.29, 1.82) is 0 Å². The first-order valence-corrected chi connectivity index (χ1v) is 10.8. The normalized spacial score (nSPS) is 11.1. The van der Waals surface area contributed by atoms with Crippen LogP contribution in [0.25, 0.3) is 6.08 Å². The van der Waals surface area contributed by atoms with E-state index in [1.165, 1.54) is 11.0 Å². The lowest BCUT2D eigenvalue weighted by molar-refractivity contribution is 0.0827. The lowest BCUT2D eigenvalue weighted by Gasteiger charge is -2.20. The fourth-order valence-electron chi connectivity index (χ4n) is 3.12. The van der Waals surface area contributed by atoms with Crippen molar-refractivity contribution in [1.82, 2.24) is 4.90 Å². The van der Waals surface area contributed by atoms with E-state index in [0.29, 0.717) is 29.0 Å². The smallest absolute Gasteiger partial charge is 0.253 e. The van der Waals surface area contributed by atoms with Crippen molar-refractivity contribution in [3.8, 4) is 11.5 Å². The monoisotopic (exact) mass is 435 g/mol. The first-order valence-electron chi connectivity index (χ1n) is 10.8. The maximum Gasteiger partial charge on any atom is 0.253 e. The van der Waals surface area contributed by atoms with Gasteiger partial charge in [-0.3, -0.25) is 9.59 Å². The average Bonchev–Trinajstić information content (AvgIpc) is 2.73. The first-order chi connectivity index (χ1) is 15.1. The van der Waals surface area contributed by atoms with Gasteiger partial charge in [0.15, 0.2) is 5.78 Å². The fourth-order valence-corrected chi connectivity index (χ4v) is 3.12. The molecule has 0 aliphatic rings. The van der Waals surface area contributed by atoms with Crippen LogP contribution in [0.3, 0.4) is 0 Å². The second-order valence-electron chi connectivity index (χ2n) is 8.27. The van der Waals surface area contributed by atoms with Gasteiger partial charge in [-0.15, -0.1) is 6.58 Å². The second kappa shape index (κ2) is 11.3. The summed E-state index contributed by atoms with van der Waals surface area (Å²) in [7, 11) is 3.39. The van der Waals surface area contributed by atoms with Gasteiger partial charge >= 0.3 is 0 Å². The van der Waals surface area contributed by atoms with Gasteiger partial charge in [-0.2, -0.15) is 0 Å². The topological polar surface area (TPSA) is 55.8 Å². The van der Waals surface area contributed by atoms with Crippen molar-refractivity contribution < 1.29 is 19.1 Å². The van der Waals surface area contributed by atoms with E-state index in [0.717, 1.165) is 11.1 Å². The van der Waals surface area contributed by atoms with Crippen LogP contribution in [-0.4, -0.2) is 42.9 Å². The van der Waals surface area contributed by atoms with Gasteiger partial charge in [0.25, 0.3) is 5.91 Å². The van der Waals surface area contributed by atoms with Gasteiger partial charge in [0.05, 0.1) is 17.8 Å². The molecule has 0 aliphatic heterocycles. The van der Waals surface area contributed by atoms with E-state index in [1.807, 2.05) is 45.9 Å². The maximum absolute atomic E-state index is 12.8. The van der Waals surface area contributed by atoms with Gasteiger partial charge in [-0.05, 0) is 70.0 Å². The molecule has 32 heavy (non-hydrogen) atoms. The molecule has 0 bridgehead atoms. The van der Waals surface area contributed by atoms with E-state index in [-0.39, 0.29) is 23.9 Å². The summed E-state index contributed by atoms with van der Waals surface area (Å²) in [6, 6.07) is 10.5. The Morgan fingerprint density at radius 3 is 2.06 bits per heavy atom. The number of ether oxygens (including phenoxy) is 2. The summed E-state index contributed by atoms with van der Waals surface area (Å²) in [6.07, 6.45) is 5.63. The molecule has 0 N–H and O–H groups in total. The summed E-state index contributed by atoms with van der Waals surface area (Å²) in [5.74, 6) is 1.06. The fraction of sp³-hybridized carbons (Fsp3) is 0.333. The van der Waals surface area contributed by atoms with Crippen LogP contribution in [0.4, 0.5) is 0 Å². The highest BCUT2D eigenvalue weighted by molar-refractivity contribution is 6.07. The van der Waals surface area contributed by atoms with Crippen LogP contribution in [0.5, 0.6) is 11.5 Å². The van der Waals surface area contributed by atoms with Gasteiger partial charge in [0.2, 0.25) is 0 Å². The molecule has 2 rings (SSSR count). The minimum Gasteiger partial charge on any atom is -0.490 e. The standard InChI is InChI=1S/C27H33NO4/c1-8-9-21-14-17-25(31-18(2)3)23(26(21)32-19(4)5)15-16-24(29)20-10-12-22(13-11-20)27(30)28(6)7/h8,10-19H,1,9H2,2-7H3. The summed E-state index contributed by atoms with van der Waals surface area (Å²) in [4.78, 5) is 26.4. The quantitative estimate of drug-likeness (QED) is 0.277. The molecule has 2 aromatic rings. The Bertz CT molecular complexity index is 985. The van der Waals surface area contributed by atoms with E-state index in [1.54, 1.807) is 44.4 Å². The molecule has 1 amide bonds. The maximum atomic E-state index is 12.8. The highest BCUT2D eigenvalue weighted by atomic mass is 16.5. The number of benzene rings is 2. The zero-order chi connectivity index (χ0) is 23.8. The Balaban J connectivity index is 2.43. The molecule has 5 heteroatoms. The number of hydrogen-bond acceptors (Lipinski definition) is 4. The molecule has 0 spiro atoms. The predicted molar refractivity (Wildman–Crippen MR) is 130 cm³/mol. The van der Waals surface area contributed by atoms with Gasteiger partial charge in [0, 0.05) is 25.2 Å². The molecule has 0 aliphatic carbocycles. The van der Waals surface area contributed by atoms with Crippen LogP contribution in [0, 0.1) is 0 Å². The van der Waals surface area contributed by atoms with Gasteiger partial charge < -0.3 is 14.4 Å². The second-order valence-corrected chi connectivity index (χ2v) is 8.27. The van der Waals surface area contributed by atoms with Gasteiger partial charge in [-0.25, -0.2) is 0 Å². The Hall–Kier alpha value is -3.34. The van der Waals surface area contributed by atoms with Crippen molar-refractivity contribution in [3.05, 3.63) is 77.4 Å². The number of nitrogens with zero attached hydrogens (tertiary/aromatic N) is 1. The van der Waals surface area contributed by atoms with Crippen LogP contribution >= 0.6 is 0 Å². The van der Waals surface area contributed by atoms with Gasteiger partial charge in [-0.1, -0.05) is 24.3 Å². The zero-order valence-corrected chi connectivity index (χ0v) is 19.8. The van der Waals surface area contributed by atoms with Crippen molar-refractivity contribution in [3.63, 3.8) is 0 Å². The SMILES string of the molecule is C=CCc1ccc(OC(C)C)c(C=CC(=O)c2ccc(C(=O)N(C)C)cc2)c1OC(C)C. The predicted octanol–water partition coefficient (Wildman–Crippen LogP) is 5.59. The Morgan fingerprint density at radius 1 is 0.938 bits per heavy atom. The number of amides is 1. The van der Waals surface area contributed by atoms with E-state index >= 15 is 0 Å². The summed E-state index contributed by atoms with van der Waals surface area (Å²) in [5.41, 5.74) is 2.73. The first kappa shape index (κ1) is 24.9. The molecule has 5 nitrogen and oxygen atoms in total. The largest absolute Gasteiger partial charge is 0.490 e. The molecule has 0 aromatic heterocycles. The molecule has 2 aromatic carbocycles. The summed E-state index contributed by atoms with van der Waals surface area (Å²) < 4.78 is 12.1. The van der Waals surface area contributed by atoms with Crippen LogP contribution in [0.15, 0.2) is 55.1 Å². The van der Waals surface area contributed by atoms with E-state index in [2.05, 4.69) is 6.58 Å². The van der Waals surface area contributed by atoms with Crippen LogP contribution < -0.4 is 9.47 Å². The molecule has 0 saturated heterocycles. The van der Waals surface area contributed by atoms with Crippen molar-refractivity contribution >= 4 is 17.8 Å². The highest BCUT2D eigenvalue weighted by Gasteiger charge is 2.16. The Kier molecular flexibility index (Phi) is 8.82. The summed E-state index contributed by atoms with van der Waals surface area (Å²) >= 11 is 0. The van der Waals surface area contributed by atoms with E-state index in [4.69, 9.17) is 9.47 Å². The molecule has 0 heterocycles. The van der Waals surface area contributed by atoms with Crippen molar-refractivity contribution in [2.24, 2.45) is 0 Å².